The highest BCUT2D eigenvalue weighted by atomic mass is 79.9. The number of rotatable bonds is 6. The summed E-state index contributed by atoms with van der Waals surface area (Å²) in [5.74, 6) is 1.37. The molecular formula is C21H27BrN4O2. The third kappa shape index (κ3) is 5.23. The van der Waals surface area contributed by atoms with Gasteiger partial charge in [0.05, 0.1) is 11.7 Å². The van der Waals surface area contributed by atoms with Crippen LogP contribution >= 0.6 is 15.9 Å². The molecule has 0 bridgehead atoms. The van der Waals surface area contributed by atoms with Crippen LogP contribution in [0.1, 0.15) is 29.8 Å². The summed E-state index contributed by atoms with van der Waals surface area (Å²) in [5.41, 5.74) is 1.55. The van der Waals surface area contributed by atoms with Gasteiger partial charge in [0.1, 0.15) is 11.6 Å². The van der Waals surface area contributed by atoms with E-state index >= 15 is 0 Å². The number of hydrogen-bond acceptors (Lipinski definition) is 5. The number of nitrogens with one attached hydrogen (secondary N) is 1. The molecule has 3 rings (SSSR count). The number of nitrogens with zero attached hydrogens (tertiary/aromatic N) is 3. The fourth-order valence-electron chi connectivity index (χ4n) is 3.18. The number of halogens is 1. The summed E-state index contributed by atoms with van der Waals surface area (Å²) < 4.78 is 6.69. The molecule has 0 aliphatic carbocycles. The molecule has 0 atom stereocenters. The second kappa shape index (κ2) is 9.39. The van der Waals surface area contributed by atoms with Gasteiger partial charge < -0.3 is 19.9 Å². The lowest BCUT2D eigenvalue weighted by Gasteiger charge is -2.34. The number of aromatic nitrogens is 1. The lowest BCUT2D eigenvalue weighted by molar-refractivity contribution is 0.0945. The molecule has 1 aromatic heterocycles. The molecule has 0 radical (unpaired) electrons. The van der Waals surface area contributed by atoms with Gasteiger partial charge in [0, 0.05) is 49.0 Å². The van der Waals surface area contributed by atoms with E-state index in [2.05, 4.69) is 43.1 Å². The summed E-state index contributed by atoms with van der Waals surface area (Å²) in [5, 5.41) is 3.03. The number of ether oxygens (including phenoxy) is 1. The number of carbonyl (C=O) groups is 1. The number of hydrogen-bond donors (Lipinski definition) is 1. The number of likely N-dealkylation sites (N-methyl/N-ethyl adjacent to an activating group) is 1. The first-order chi connectivity index (χ1) is 13.4. The van der Waals surface area contributed by atoms with Crippen molar-refractivity contribution in [1.29, 1.82) is 0 Å². The summed E-state index contributed by atoms with van der Waals surface area (Å²) in [6, 6.07) is 9.39. The van der Waals surface area contributed by atoms with Crippen molar-refractivity contribution in [2.24, 2.45) is 0 Å². The summed E-state index contributed by atoms with van der Waals surface area (Å²) in [4.78, 5) is 22.0. The van der Waals surface area contributed by atoms with Gasteiger partial charge in [-0.05, 0) is 45.2 Å². The molecule has 28 heavy (non-hydrogen) atoms. The van der Waals surface area contributed by atoms with Crippen LogP contribution in [0.25, 0.3) is 0 Å². The van der Waals surface area contributed by atoms with Gasteiger partial charge in [-0.1, -0.05) is 22.0 Å². The summed E-state index contributed by atoms with van der Waals surface area (Å²) >= 11 is 3.44. The molecule has 0 saturated carbocycles. The Labute approximate surface area is 175 Å². The lowest BCUT2D eigenvalue weighted by atomic mass is 10.1. The average molecular weight is 447 g/mol. The third-order valence-corrected chi connectivity index (χ3v) is 5.15. The van der Waals surface area contributed by atoms with Gasteiger partial charge in [0.15, 0.2) is 0 Å². The quantitative estimate of drug-likeness (QED) is 0.737. The van der Waals surface area contributed by atoms with Gasteiger partial charge in [-0.2, -0.15) is 0 Å². The van der Waals surface area contributed by atoms with Crippen molar-refractivity contribution in [2.75, 3.05) is 38.1 Å². The molecule has 7 heteroatoms. The molecule has 1 aliphatic heterocycles. The minimum atomic E-state index is -0.156. The Morgan fingerprint density at radius 3 is 2.71 bits per heavy atom. The van der Waals surface area contributed by atoms with Crippen molar-refractivity contribution >= 4 is 27.7 Å². The van der Waals surface area contributed by atoms with E-state index < -0.39 is 0 Å². The Bertz CT molecular complexity index is 820. The van der Waals surface area contributed by atoms with Gasteiger partial charge in [0.2, 0.25) is 0 Å². The predicted octanol–water partition coefficient (Wildman–Crippen LogP) is 3.31. The monoisotopic (exact) mass is 446 g/mol. The van der Waals surface area contributed by atoms with Crippen molar-refractivity contribution < 1.29 is 9.53 Å². The minimum absolute atomic E-state index is 0.0111. The number of benzene rings is 1. The van der Waals surface area contributed by atoms with Crippen LogP contribution < -0.4 is 15.0 Å². The first kappa shape index (κ1) is 20.6. The van der Waals surface area contributed by atoms with E-state index in [9.17, 15) is 4.79 Å². The van der Waals surface area contributed by atoms with Gasteiger partial charge in [-0.3, -0.25) is 4.79 Å². The second-order valence-electron chi connectivity index (χ2n) is 7.27. The molecule has 1 fully saturated rings. The zero-order chi connectivity index (χ0) is 20.1. The summed E-state index contributed by atoms with van der Waals surface area (Å²) in [6.07, 6.45) is 1.80. The van der Waals surface area contributed by atoms with Gasteiger partial charge in [-0.15, -0.1) is 0 Å². The van der Waals surface area contributed by atoms with Crippen molar-refractivity contribution in [2.45, 2.75) is 26.5 Å². The zero-order valence-corrected chi connectivity index (χ0v) is 18.2. The highest BCUT2D eigenvalue weighted by Gasteiger charge is 2.19. The fraction of sp³-hybridized carbons (Fsp3) is 0.429. The van der Waals surface area contributed by atoms with E-state index in [0.717, 1.165) is 42.0 Å². The molecule has 1 aromatic carbocycles. The lowest BCUT2D eigenvalue weighted by Crippen LogP contribution is -2.45. The van der Waals surface area contributed by atoms with E-state index in [-0.39, 0.29) is 12.0 Å². The van der Waals surface area contributed by atoms with Crippen LogP contribution in [-0.2, 0) is 6.54 Å². The zero-order valence-electron chi connectivity index (χ0n) is 16.6. The normalized spacial score (nSPS) is 15.0. The molecule has 2 heterocycles. The average Bonchev–Trinajstić information content (AvgIpc) is 2.67. The fourth-order valence-corrected chi connectivity index (χ4v) is 3.52. The minimum Gasteiger partial charge on any atom is -0.490 e. The first-order valence-corrected chi connectivity index (χ1v) is 10.3. The number of piperazine rings is 1. The van der Waals surface area contributed by atoms with Gasteiger partial charge in [0.25, 0.3) is 5.91 Å². The Morgan fingerprint density at radius 1 is 1.25 bits per heavy atom. The van der Waals surface area contributed by atoms with E-state index in [1.54, 1.807) is 6.07 Å². The number of pyridine rings is 1. The summed E-state index contributed by atoms with van der Waals surface area (Å²) in [6.45, 7) is 8.21. The molecule has 1 aliphatic rings. The number of carbonyl (C=O) groups excluding carboxylic acids is 1. The predicted molar refractivity (Wildman–Crippen MR) is 115 cm³/mol. The largest absolute Gasteiger partial charge is 0.490 e. The van der Waals surface area contributed by atoms with E-state index in [1.165, 1.54) is 0 Å². The SMILES string of the molecule is CC(C)Oc1cc(Br)ccc1C(=O)NCc1cccnc1N1CCN(C)CC1. The number of anilines is 1. The highest BCUT2D eigenvalue weighted by Crippen LogP contribution is 2.25. The Hall–Kier alpha value is -2.12. The van der Waals surface area contributed by atoms with Crippen LogP contribution in [0.4, 0.5) is 5.82 Å². The first-order valence-electron chi connectivity index (χ1n) is 9.56. The van der Waals surface area contributed by atoms with Crippen LogP contribution in [0, 0.1) is 0 Å². The molecule has 2 aromatic rings. The summed E-state index contributed by atoms with van der Waals surface area (Å²) in [7, 11) is 2.13. The molecule has 1 amide bonds. The standard InChI is InChI=1S/C21H27BrN4O2/c1-15(2)28-19-13-17(22)6-7-18(19)21(27)24-14-16-5-4-8-23-20(16)26-11-9-25(3)10-12-26/h4-8,13,15H,9-12,14H2,1-3H3,(H,24,27). The maximum atomic E-state index is 12.8. The Balaban J connectivity index is 1.72. The second-order valence-corrected chi connectivity index (χ2v) is 8.18. The maximum Gasteiger partial charge on any atom is 0.255 e. The van der Waals surface area contributed by atoms with E-state index in [1.807, 2.05) is 44.3 Å². The smallest absolute Gasteiger partial charge is 0.255 e. The van der Waals surface area contributed by atoms with Gasteiger partial charge >= 0.3 is 0 Å². The van der Waals surface area contributed by atoms with Crippen molar-refractivity contribution in [1.82, 2.24) is 15.2 Å². The molecule has 1 N–H and O–H groups in total. The van der Waals surface area contributed by atoms with E-state index in [4.69, 9.17) is 4.74 Å². The molecule has 1 saturated heterocycles. The van der Waals surface area contributed by atoms with Crippen molar-refractivity contribution in [3.05, 3.63) is 52.1 Å². The molecular weight excluding hydrogens is 420 g/mol. The van der Waals surface area contributed by atoms with E-state index in [0.29, 0.717) is 17.9 Å². The molecule has 6 nitrogen and oxygen atoms in total. The van der Waals surface area contributed by atoms with Gasteiger partial charge in [-0.25, -0.2) is 4.98 Å². The maximum absolute atomic E-state index is 12.8. The third-order valence-electron chi connectivity index (χ3n) is 4.66. The highest BCUT2D eigenvalue weighted by molar-refractivity contribution is 9.10. The molecule has 150 valence electrons. The van der Waals surface area contributed by atoms with Crippen molar-refractivity contribution in [3.63, 3.8) is 0 Å². The topological polar surface area (TPSA) is 57.7 Å². The number of amides is 1. The van der Waals surface area contributed by atoms with Crippen LogP contribution in [0.5, 0.6) is 5.75 Å². The van der Waals surface area contributed by atoms with Crippen LogP contribution in [0.3, 0.4) is 0 Å². The van der Waals surface area contributed by atoms with Crippen LogP contribution in [0.15, 0.2) is 41.0 Å². The van der Waals surface area contributed by atoms with Crippen molar-refractivity contribution in [3.8, 4) is 5.75 Å². The molecule has 0 spiro atoms. The molecule has 0 unspecified atom stereocenters. The Morgan fingerprint density at radius 2 is 2.00 bits per heavy atom. The van der Waals surface area contributed by atoms with Crippen LogP contribution in [-0.4, -0.2) is 55.1 Å². The Kier molecular flexibility index (Phi) is 6.91. The van der Waals surface area contributed by atoms with Crippen LogP contribution in [0.2, 0.25) is 0 Å².